The Morgan fingerprint density at radius 1 is 1.09 bits per heavy atom. The zero-order valence-electron chi connectivity index (χ0n) is 14.1. The monoisotopic (exact) mass is 307 g/mol. The smallest absolute Gasteiger partial charge is 0.224 e. The summed E-state index contributed by atoms with van der Waals surface area (Å²) in [7, 11) is 0. The van der Waals surface area contributed by atoms with Crippen molar-refractivity contribution >= 4 is 22.4 Å². The van der Waals surface area contributed by atoms with E-state index in [9.17, 15) is 4.79 Å². The Hall–Kier alpha value is -1.83. The van der Waals surface area contributed by atoms with Gasteiger partial charge in [0.05, 0.1) is 5.69 Å². The number of carbonyl (C=O) groups is 1. The average molecular weight is 307 g/mol. The molecule has 2 nitrogen and oxygen atoms in total. The van der Waals surface area contributed by atoms with Crippen molar-refractivity contribution in [3.8, 4) is 0 Å². The standard InChI is InChI=1S/C21H25NO/c1-15-14-21(12-6-3-7-13-21)22(16(2)23)20-18(15)11-10-17-8-4-5-9-19(17)20/h4-5,8-11,15H,3,6-7,12-14H2,1-2H3/t15-/m1/s1. The first-order valence-corrected chi connectivity index (χ1v) is 8.95. The van der Waals surface area contributed by atoms with Crippen LogP contribution in [0.15, 0.2) is 36.4 Å². The van der Waals surface area contributed by atoms with Crippen LogP contribution < -0.4 is 4.90 Å². The van der Waals surface area contributed by atoms with E-state index in [2.05, 4.69) is 48.2 Å². The Kier molecular flexibility index (Phi) is 3.44. The number of amides is 1. The van der Waals surface area contributed by atoms with Gasteiger partial charge in [-0.25, -0.2) is 0 Å². The fourth-order valence-electron chi connectivity index (χ4n) is 5.06. The Labute approximate surface area is 138 Å². The van der Waals surface area contributed by atoms with E-state index in [0.29, 0.717) is 5.92 Å². The van der Waals surface area contributed by atoms with Gasteiger partial charge in [-0.3, -0.25) is 4.79 Å². The summed E-state index contributed by atoms with van der Waals surface area (Å²) < 4.78 is 0. The molecule has 2 aromatic carbocycles. The van der Waals surface area contributed by atoms with Crippen LogP contribution in [-0.4, -0.2) is 11.4 Å². The molecule has 1 heterocycles. The van der Waals surface area contributed by atoms with E-state index in [1.807, 2.05) is 0 Å². The summed E-state index contributed by atoms with van der Waals surface area (Å²) in [5, 5.41) is 2.47. The topological polar surface area (TPSA) is 20.3 Å². The third-order valence-corrected chi connectivity index (χ3v) is 5.95. The van der Waals surface area contributed by atoms with Gasteiger partial charge in [0.1, 0.15) is 0 Å². The summed E-state index contributed by atoms with van der Waals surface area (Å²) in [4.78, 5) is 14.9. The molecule has 0 aromatic heterocycles. The molecule has 4 rings (SSSR count). The highest BCUT2D eigenvalue weighted by Crippen LogP contribution is 2.51. The summed E-state index contributed by atoms with van der Waals surface area (Å²) >= 11 is 0. The van der Waals surface area contributed by atoms with Crippen LogP contribution in [0.4, 0.5) is 5.69 Å². The molecule has 1 saturated carbocycles. The van der Waals surface area contributed by atoms with Crippen molar-refractivity contribution in [1.82, 2.24) is 0 Å². The predicted molar refractivity (Wildman–Crippen MR) is 96.0 cm³/mol. The first kappa shape index (κ1) is 14.7. The van der Waals surface area contributed by atoms with E-state index in [0.717, 1.165) is 19.3 Å². The lowest BCUT2D eigenvalue weighted by molar-refractivity contribution is -0.118. The number of hydrogen-bond acceptors (Lipinski definition) is 1. The van der Waals surface area contributed by atoms with E-state index < -0.39 is 0 Å². The second kappa shape index (κ2) is 5.36. The maximum atomic E-state index is 12.7. The number of anilines is 1. The molecule has 0 saturated heterocycles. The number of hydrogen-bond donors (Lipinski definition) is 0. The van der Waals surface area contributed by atoms with E-state index >= 15 is 0 Å². The Morgan fingerprint density at radius 2 is 1.83 bits per heavy atom. The fourth-order valence-corrected chi connectivity index (χ4v) is 5.06. The van der Waals surface area contributed by atoms with E-state index in [-0.39, 0.29) is 11.4 Å². The lowest BCUT2D eigenvalue weighted by atomic mass is 9.69. The summed E-state index contributed by atoms with van der Waals surface area (Å²) in [6.07, 6.45) is 7.22. The van der Waals surface area contributed by atoms with Crippen molar-refractivity contribution in [1.29, 1.82) is 0 Å². The summed E-state index contributed by atoms with van der Waals surface area (Å²) in [5.74, 6) is 0.722. The quantitative estimate of drug-likeness (QED) is 0.638. The number of fused-ring (bicyclic) bond motifs is 3. The largest absolute Gasteiger partial charge is 0.306 e. The van der Waals surface area contributed by atoms with Crippen molar-refractivity contribution in [2.75, 3.05) is 4.90 Å². The molecule has 1 aliphatic carbocycles. The Morgan fingerprint density at radius 3 is 2.57 bits per heavy atom. The molecule has 120 valence electrons. The van der Waals surface area contributed by atoms with Gasteiger partial charge in [0.25, 0.3) is 0 Å². The molecule has 23 heavy (non-hydrogen) atoms. The fraction of sp³-hybridized carbons (Fsp3) is 0.476. The van der Waals surface area contributed by atoms with Gasteiger partial charge in [-0.15, -0.1) is 0 Å². The van der Waals surface area contributed by atoms with Gasteiger partial charge in [0.2, 0.25) is 5.91 Å². The highest BCUT2D eigenvalue weighted by molar-refractivity contribution is 6.06. The molecule has 1 amide bonds. The highest BCUT2D eigenvalue weighted by atomic mass is 16.2. The molecule has 1 aliphatic heterocycles. The van der Waals surface area contributed by atoms with Crippen LogP contribution in [0.3, 0.4) is 0 Å². The molecule has 1 fully saturated rings. The third-order valence-electron chi connectivity index (χ3n) is 5.95. The summed E-state index contributed by atoms with van der Waals surface area (Å²) in [5.41, 5.74) is 2.58. The molecule has 2 heteroatoms. The van der Waals surface area contributed by atoms with Gasteiger partial charge in [-0.1, -0.05) is 62.6 Å². The van der Waals surface area contributed by atoms with Crippen molar-refractivity contribution in [3.05, 3.63) is 42.0 Å². The van der Waals surface area contributed by atoms with Gasteiger partial charge in [0, 0.05) is 17.8 Å². The zero-order valence-corrected chi connectivity index (χ0v) is 14.1. The molecule has 2 aliphatic rings. The van der Waals surface area contributed by atoms with Gasteiger partial charge in [0.15, 0.2) is 0 Å². The third kappa shape index (κ3) is 2.19. The number of carbonyl (C=O) groups excluding carboxylic acids is 1. The number of nitrogens with zero attached hydrogens (tertiary/aromatic N) is 1. The van der Waals surface area contributed by atoms with E-state index in [4.69, 9.17) is 0 Å². The molecular weight excluding hydrogens is 282 g/mol. The van der Waals surface area contributed by atoms with E-state index in [1.165, 1.54) is 41.3 Å². The van der Waals surface area contributed by atoms with Gasteiger partial charge in [-0.2, -0.15) is 0 Å². The second-order valence-corrected chi connectivity index (χ2v) is 7.47. The first-order chi connectivity index (χ1) is 11.1. The normalized spacial score (nSPS) is 23.0. The van der Waals surface area contributed by atoms with Crippen LogP contribution in [-0.2, 0) is 4.79 Å². The minimum atomic E-state index is 0.0423. The van der Waals surface area contributed by atoms with Crippen LogP contribution in [0, 0.1) is 0 Å². The SMILES string of the molecule is CC(=O)N1c2c(ccc3ccccc23)[C@H](C)CC12CCCCC2. The average Bonchev–Trinajstić information content (AvgIpc) is 2.55. The number of benzene rings is 2. The lowest BCUT2D eigenvalue weighted by Gasteiger charge is -2.52. The maximum Gasteiger partial charge on any atom is 0.224 e. The minimum absolute atomic E-state index is 0.0423. The van der Waals surface area contributed by atoms with Gasteiger partial charge < -0.3 is 4.90 Å². The summed E-state index contributed by atoms with van der Waals surface area (Å²) in [6, 6.07) is 13.0. The van der Waals surface area contributed by atoms with E-state index in [1.54, 1.807) is 6.92 Å². The molecule has 0 bridgehead atoms. The van der Waals surface area contributed by atoms with Crippen LogP contribution in [0.5, 0.6) is 0 Å². The first-order valence-electron chi connectivity index (χ1n) is 8.95. The van der Waals surface area contributed by atoms with Crippen LogP contribution in [0.2, 0.25) is 0 Å². The van der Waals surface area contributed by atoms with Gasteiger partial charge >= 0.3 is 0 Å². The van der Waals surface area contributed by atoms with Crippen molar-refractivity contribution in [3.63, 3.8) is 0 Å². The van der Waals surface area contributed by atoms with Crippen LogP contribution >= 0.6 is 0 Å². The lowest BCUT2D eigenvalue weighted by Crippen LogP contribution is -2.55. The molecule has 1 spiro atoms. The van der Waals surface area contributed by atoms with Gasteiger partial charge in [-0.05, 0) is 36.1 Å². The summed E-state index contributed by atoms with van der Waals surface area (Å²) in [6.45, 7) is 4.08. The predicted octanol–water partition coefficient (Wildman–Crippen LogP) is 5.40. The maximum absolute atomic E-state index is 12.7. The molecule has 2 aromatic rings. The molecular formula is C21H25NO. The molecule has 0 N–H and O–H groups in total. The molecule has 0 unspecified atom stereocenters. The second-order valence-electron chi connectivity index (χ2n) is 7.47. The van der Waals surface area contributed by atoms with Crippen LogP contribution in [0.25, 0.3) is 10.8 Å². The molecule has 0 radical (unpaired) electrons. The Balaban J connectivity index is 1.99. The molecule has 1 atom stereocenters. The van der Waals surface area contributed by atoms with Crippen molar-refractivity contribution in [2.24, 2.45) is 0 Å². The van der Waals surface area contributed by atoms with Crippen LogP contribution in [0.1, 0.15) is 63.9 Å². The van der Waals surface area contributed by atoms with Crippen molar-refractivity contribution in [2.45, 2.75) is 63.8 Å². The highest BCUT2D eigenvalue weighted by Gasteiger charge is 2.46. The van der Waals surface area contributed by atoms with Crippen molar-refractivity contribution < 1.29 is 4.79 Å². The zero-order chi connectivity index (χ0) is 16.0. The number of rotatable bonds is 0. The minimum Gasteiger partial charge on any atom is -0.306 e. The Bertz CT molecular complexity index is 758.